The van der Waals surface area contributed by atoms with Gasteiger partial charge in [0.05, 0.1) is 5.69 Å². The Morgan fingerprint density at radius 3 is 2.43 bits per heavy atom. The average molecular weight is 423 g/mol. The number of nitrogens with two attached hydrogens (primary N) is 1. The number of amides is 2. The van der Waals surface area contributed by atoms with Gasteiger partial charge in [-0.25, -0.2) is 9.07 Å². The molecular weight excluding hydrogens is 410 g/mol. The first-order valence-electron chi connectivity index (χ1n) is 8.26. The summed E-state index contributed by atoms with van der Waals surface area (Å²) in [5.41, 5.74) is 2.41. The molecule has 1 heterocycles. The lowest BCUT2D eigenvalue weighted by molar-refractivity contribution is -0.143. The van der Waals surface area contributed by atoms with Crippen molar-refractivity contribution in [2.75, 3.05) is 11.9 Å². The topological polar surface area (TPSA) is 112 Å². The third-order valence-corrected chi connectivity index (χ3v) is 3.70. The Morgan fingerprint density at radius 2 is 1.83 bits per heavy atom. The van der Waals surface area contributed by atoms with Crippen LogP contribution in [0.15, 0.2) is 48.5 Å². The molecule has 0 bridgehead atoms. The van der Waals surface area contributed by atoms with E-state index in [0.29, 0.717) is 4.68 Å². The Balaban J connectivity index is 1.86. The summed E-state index contributed by atoms with van der Waals surface area (Å²) in [6.45, 7) is -0.357. The molecular formula is C18H13F4N5O3. The minimum atomic E-state index is -4.99. The van der Waals surface area contributed by atoms with Gasteiger partial charge < -0.3 is 15.8 Å². The third kappa shape index (κ3) is 4.71. The monoisotopic (exact) mass is 423 g/mol. The molecule has 0 aliphatic rings. The summed E-state index contributed by atoms with van der Waals surface area (Å²) in [4.78, 5) is 23.1. The second-order valence-corrected chi connectivity index (χ2v) is 5.91. The molecule has 12 heteroatoms. The van der Waals surface area contributed by atoms with Gasteiger partial charge in [0.1, 0.15) is 11.6 Å². The first-order chi connectivity index (χ1) is 14.1. The quantitative estimate of drug-likeness (QED) is 0.592. The fourth-order valence-electron chi connectivity index (χ4n) is 2.46. The van der Waals surface area contributed by atoms with Gasteiger partial charge in [0.15, 0.2) is 18.0 Å². The molecule has 0 radical (unpaired) electrons. The van der Waals surface area contributed by atoms with Crippen LogP contribution in [0.1, 0.15) is 16.2 Å². The van der Waals surface area contributed by atoms with Crippen LogP contribution in [0.3, 0.4) is 0 Å². The van der Waals surface area contributed by atoms with Crippen LogP contribution < -0.4 is 15.8 Å². The number of ether oxygens (including phenoxy) is 1. The summed E-state index contributed by atoms with van der Waals surface area (Å²) in [7, 11) is 0. The molecule has 0 spiro atoms. The summed E-state index contributed by atoms with van der Waals surface area (Å²) in [6.07, 6.45) is -4.99. The second-order valence-electron chi connectivity index (χ2n) is 5.91. The summed E-state index contributed by atoms with van der Waals surface area (Å²) < 4.78 is 59.6. The van der Waals surface area contributed by atoms with Crippen molar-refractivity contribution >= 4 is 17.5 Å². The molecule has 2 amide bonds. The van der Waals surface area contributed by atoms with Crippen LogP contribution in [-0.2, 0) is 11.0 Å². The van der Waals surface area contributed by atoms with E-state index in [2.05, 4.69) is 15.6 Å². The normalized spacial score (nSPS) is 11.2. The van der Waals surface area contributed by atoms with Crippen molar-refractivity contribution in [3.63, 3.8) is 0 Å². The maximum atomic E-state index is 13.6. The number of nitrogens with one attached hydrogen (secondary N) is 1. The Morgan fingerprint density at radius 1 is 1.13 bits per heavy atom. The van der Waals surface area contributed by atoms with Gasteiger partial charge in [-0.3, -0.25) is 9.59 Å². The molecule has 3 N–H and O–H groups in total. The zero-order valence-electron chi connectivity index (χ0n) is 15.0. The van der Waals surface area contributed by atoms with Crippen molar-refractivity contribution in [3.8, 4) is 11.4 Å². The minimum Gasteiger partial charge on any atom is -0.484 e. The molecule has 0 aliphatic heterocycles. The average Bonchev–Trinajstić information content (AvgIpc) is 3.13. The van der Waals surface area contributed by atoms with Crippen molar-refractivity contribution in [3.05, 3.63) is 65.7 Å². The van der Waals surface area contributed by atoms with Crippen LogP contribution in [0.25, 0.3) is 5.69 Å². The molecule has 0 saturated heterocycles. The molecule has 0 unspecified atom stereocenters. The van der Waals surface area contributed by atoms with Crippen molar-refractivity contribution in [1.82, 2.24) is 15.0 Å². The molecule has 3 aromatic rings. The number of carbonyl (C=O) groups excluding carboxylic acids is 2. The number of rotatable bonds is 6. The van der Waals surface area contributed by atoms with Gasteiger partial charge in [-0.05, 0) is 42.5 Å². The molecule has 156 valence electrons. The summed E-state index contributed by atoms with van der Waals surface area (Å²) >= 11 is 0. The van der Waals surface area contributed by atoms with Crippen molar-refractivity contribution in [2.24, 2.45) is 5.73 Å². The number of hydrogen-bond acceptors (Lipinski definition) is 5. The Labute approximate surface area is 166 Å². The van der Waals surface area contributed by atoms with Gasteiger partial charge in [0.25, 0.3) is 11.8 Å². The molecule has 2 aromatic carbocycles. The largest absolute Gasteiger partial charge is 0.484 e. The van der Waals surface area contributed by atoms with Crippen LogP contribution in [0.5, 0.6) is 5.75 Å². The van der Waals surface area contributed by atoms with Crippen LogP contribution in [0, 0.1) is 5.82 Å². The number of anilines is 1. The van der Waals surface area contributed by atoms with E-state index < -0.39 is 35.2 Å². The summed E-state index contributed by atoms with van der Waals surface area (Å²) in [6, 6.07) is 9.73. The number of carbonyl (C=O) groups is 2. The number of alkyl halides is 3. The highest BCUT2D eigenvalue weighted by Gasteiger charge is 2.42. The number of benzene rings is 2. The van der Waals surface area contributed by atoms with Crippen molar-refractivity contribution < 1.29 is 31.9 Å². The molecule has 0 aliphatic carbocycles. The van der Waals surface area contributed by atoms with E-state index in [0.717, 1.165) is 12.1 Å². The number of nitrogens with zero attached hydrogens (tertiary/aromatic N) is 3. The SMILES string of the molecule is NC(=O)COc1ccc(NC(=O)c2nnn(-c3cccc(F)c3)c2C(F)(F)F)cc1. The fraction of sp³-hybridized carbons (Fsp3) is 0.111. The van der Waals surface area contributed by atoms with Gasteiger partial charge in [-0.1, -0.05) is 11.3 Å². The van der Waals surface area contributed by atoms with Gasteiger partial charge >= 0.3 is 6.18 Å². The standard InChI is InChI=1S/C18H13F4N5O3/c19-10-2-1-3-12(8-10)27-16(18(20,21)22)15(25-26-27)17(29)24-11-4-6-13(7-5-11)30-9-14(23)28/h1-8H,9H2,(H2,23,28)(H,24,29). The molecule has 8 nitrogen and oxygen atoms in total. The van der Waals surface area contributed by atoms with Gasteiger partial charge in [-0.15, -0.1) is 5.10 Å². The summed E-state index contributed by atoms with van der Waals surface area (Å²) in [5, 5.41) is 8.96. The number of primary amides is 1. The molecule has 1 aromatic heterocycles. The van der Waals surface area contributed by atoms with Crippen LogP contribution in [0.2, 0.25) is 0 Å². The first-order valence-corrected chi connectivity index (χ1v) is 8.26. The number of aromatic nitrogens is 3. The third-order valence-electron chi connectivity index (χ3n) is 3.70. The van der Waals surface area contributed by atoms with E-state index in [1.807, 2.05) is 0 Å². The molecule has 3 rings (SSSR count). The number of hydrogen-bond donors (Lipinski definition) is 2. The Kier molecular flexibility index (Phi) is 5.67. The van der Waals surface area contributed by atoms with Crippen molar-refractivity contribution in [1.29, 1.82) is 0 Å². The number of halogens is 4. The smallest absolute Gasteiger partial charge is 0.435 e. The maximum absolute atomic E-state index is 13.6. The van der Waals surface area contributed by atoms with E-state index in [1.54, 1.807) is 0 Å². The second kappa shape index (κ2) is 8.19. The zero-order chi connectivity index (χ0) is 21.9. The lowest BCUT2D eigenvalue weighted by Crippen LogP contribution is -2.21. The van der Waals surface area contributed by atoms with E-state index >= 15 is 0 Å². The predicted octanol–water partition coefficient (Wildman–Crippen LogP) is 2.54. The lowest BCUT2D eigenvalue weighted by Gasteiger charge is -2.11. The molecule has 30 heavy (non-hydrogen) atoms. The lowest BCUT2D eigenvalue weighted by atomic mass is 10.2. The van der Waals surface area contributed by atoms with Crippen molar-refractivity contribution in [2.45, 2.75) is 6.18 Å². The molecule has 0 atom stereocenters. The Bertz CT molecular complexity index is 1080. The highest BCUT2D eigenvalue weighted by molar-refractivity contribution is 6.03. The van der Waals surface area contributed by atoms with Gasteiger partial charge in [-0.2, -0.15) is 13.2 Å². The highest BCUT2D eigenvalue weighted by atomic mass is 19.4. The predicted molar refractivity (Wildman–Crippen MR) is 95.4 cm³/mol. The molecule has 0 saturated carbocycles. The summed E-state index contributed by atoms with van der Waals surface area (Å²) in [5.74, 6) is -2.37. The van der Waals surface area contributed by atoms with Gasteiger partial charge in [0.2, 0.25) is 0 Å². The minimum absolute atomic E-state index is 0.139. The van der Waals surface area contributed by atoms with Crippen LogP contribution in [-0.4, -0.2) is 33.4 Å². The van der Waals surface area contributed by atoms with E-state index in [-0.39, 0.29) is 23.7 Å². The van der Waals surface area contributed by atoms with Gasteiger partial charge in [0, 0.05) is 5.69 Å². The van der Waals surface area contributed by atoms with Crippen LogP contribution >= 0.6 is 0 Å². The maximum Gasteiger partial charge on any atom is 0.435 e. The molecule has 0 fully saturated rings. The van der Waals surface area contributed by atoms with E-state index in [9.17, 15) is 27.2 Å². The zero-order valence-corrected chi connectivity index (χ0v) is 15.0. The van der Waals surface area contributed by atoms with Crippen LogP contribution in [0.4, 0.5) is 23.2 Å². The van der Waals surface area contributed by atoms with E-state index in [1.165, 1.54) is 36.4 Å². The highest BCUT2D eigenvalue weighted by Crippen LogP contribution is 2.33. The van der Waals surface area contributed by atoms with E-state index in [4.69, 9.17) is 10.5 Å². The first kappa shape index (κ1) is 20.8. The Hall–Kier alpha value is -3.96. The fourth-order valence-corrected chi connectivity index (χ4v) is 2.46.